The van der Waals surface area contributed by atoms with Crippen LogP contribution in [0.5, 0.6) is 0 Å². The SMILES string of the molecule is CCOC(=O)NC[C@@H]1CC[C@@H]2[C@@H](C1)C[C@H]1C(=O)O[C@H](C)[C@H]1[C@H]2/C=C/c1ccc(-c2cccc(F)c2)cn1.C[C@H]1OC(=O)[C@@H]2C[C@@H]3C[C@H](NC(=O)OCC(=O)O)CC[C@H]3[C@H](/C=C/c3ccc(-c4cccc(F)c4)cn3)[C@H]12.C[C@H]1OC(=O)[C@@H]2C[C@@H]3C[C@H](NC(=O)OCC(N)=O)CC[C@H]3[C@H](/C=C/c3ccc(-c4cccc(F)c4)cn3)[C@H]12. The van der Waals surface area contributed by atoms with E-state index in [4.69, 9.17) is 39.3 Å². The van der Waals surface area contributed by atoms with Gasteiger partial charge in [-0.25, -0.2) is 32.3 Å². The molecule has 9 aliphatic rings. The second kappa shape index (κ2) is 36.4. The third-order valence-corrected chi connectivity index (χ3v) is 25.0. The van der Waals surface area contributed by atoms with Gasteiger partial charge >= 0.3 is 42.2 Å². The number of fused-ring (bicyclic) bond motifs is 6. The molecule has 0 bridgehead atoms. The first-order valence-electron chi connectivity index (χ1n) is 39.6. The van der Waals surface area contributed by atoms with Crippen LogP contribution in [-0.4, -0.2) is 125 Å². The maximum atomic E-state index is 13.6. The van der Waals surface area contributed by atoms with Crippen LogP contribution in [-0.2, 0) is 52.4 Å². The number of aromatic nitrogens is 3. The number of hydrogen-bond acceptors (Lipinski definition) is 17. The van der Waals surface area contributed by atoms with Crippen molar-refractivity contribution in [3.63, 3.8) is 0 Å². The first-order valence-corrected chi connectivity index (χ1v) is 39.6. The first kappa shape index (κ1) is 80.3. The van der Waals surface area contributed by atoms with Crippen LogP contribution in [0.25, 0.3) is 51.6 Å². The lowest BCUT2D eigenvalue weighted by atomic mass is 9.56. The molecule has 3 aromatic heterocycles. The number of amides is 4. The maximum absolute atomic E-state index is 13.6. The van der Waals surface area contributed by atoms with E-state index in [1.807, 2.05) is 87.5 Å². The average molecular weight is 1550 g/mol. The number of carboxylic acid groups (broad SMARTS) is 1. The standard InChI is InChI=1S/C30H35FN2O4.C29H32FN3O5.C29H31FN2O6/c1-3-36-30(35)33-16-19-7-11-25-22(13-19)15-27-28(18(2)37-29(27)34)26(25)12-10-24-9-8-21(17-32-24)20-5-4-6-23(31)14-20;1-16-27-24(10-7-21-6-5-18(14-32-21)17-3-2-4-20(30)11-17)23-9-8-22(33-29(36)37-15-26(31)34)12-19(23)13-25(27)28(35)38-16;1-16-27-24(10-7-21-6-5-18(14-31-21)17-3-2-4-20(30)11-17)23-9-8-22(32-29(36)37-15-26(33)34)12-19(23)13-25(27)28(35)38-16/h4-6,8-10,12,14,17-19,22,25-28H,3,7,11,13,15-16H2,1-2H3,(H,33,35);2-7,10-11,14,16,19,22-25,27H,8-9,12-13,15H2,1H3,(H2,31,34)(H,33,36);2-7,10-11,14,16,19,22-25,27H,8-9,12-13,15H2,1H3,(H,32,36)(H,33,34)/b12-10+;2*10-7+/t18-,19-,22+,25-,26+,27-,28+;2*16-,19+,22-,23-,24+,25-,27+/m111/s1. The van der Waals surface area contributed by atoms with E-state index in [2.05, 4.69) is 55.2 Å². The fraction of sp³-hybridized carbons (Fsp3) is 0.466. The van der Waals surface area contributed by atoms with E-state index in [0.29, 0.717) is 55.6 Å². The van der Waals surface area contributed by atoms with Gasteiger partial charge in [-0.3, -0.25) is 34.1 Å². The molecule has 3 saturated heterocycles. The third kappa shape index (κ3) is 19.7. The molecule has 3 aliphatic heterocycles. The van der Waals surface area contributed by atoms with Gasteiger partial charge in [0.05, 0.1) is 41.4 Å². The Kier molecular flexibility index (Phi) is 25.9. The molecule has 9 fully saturated rings. The van der Waals surface area contributed by atoms with Crippen LogP contribution < -0.4 is 21.7 Å². The number of hydrogen-bond donors (Lipinski definition) is 5. The monoisotopic (exact) mass is 1550 g/mol. The zero-order valence-electron chi connectivity index (χ0n) is 63.7. The summed E-state index contributed by atoms with van der Waals surface area (Å²) in [5.74, 6) is -0.363. The molecule has 0 unspecified atom stereocenters. The molecule has 0 spiro atoms. The predicted octanol–water partition coefficient (Wildman–Crippen LogP) is 14.7. The van der Waals surface area contributed by atoms with Crippen LogP contribution in [0.3, 0.4) is 0 Å². The lowest BCUT2D eigenvalue weighted by Crippen LogP contribution is -2.48. The molecule has 21 atom stereocenters. The highest BCUT2D eigenvalue weighted by Crippen LogP contribution is 2.57. The van der Waals surface area contributed by atoms with Crippen molar-refractivity contribution in [2.24, 2.45) is 100 Å². The highest BCUT2D eigenvalue weighted by molar-refractivity contribution is 5.80. The Morgan fingerprint density at radius 2 is 0.850 bits per heavy atom. The van der Waals surface area contributed by atoms with Crippen molar-refractivity contribution in [3.05, 3.63) is 181 Å². The average Bonchev–Trinajstić information content (AvgIpc) is 1.65. The van der Waals surface area contributed by atoms with E-state index in [0.717, 1.165) is 115 Å². The summed E-state index contributed by atoms with van der Waals surface area (Å²) in [5.41, 5.74) is 12.3. The van der Waals surface area contributed by atoms with Crippen molar-refractivity contribution in [2.75, 3.05) is 26.4 Å². The Hall–Kier alpha value is -10.7. The second-order valence-electron chi connectivity index (χ2n) is 31.8. The Bertz CT molecular complexity index is 4320. The number of pyridine rings is 3. The smallest absolute Gasteiger partial charge is 0.407 e. The van der Waals surface area contributed by atoms with Gasteiger partial charge in [-0.15, -0.1) is 0 Å². The maximum Gasteiger partial charge on any atom is 0.407 e. The normalized spacial score (nSPS) is 30.5. The summed E-state index contributed by atoms with van der Waals surface area (Å²) in [4.78, 5) is 109. The van der Waals surface area contributed by atoms with E-state index in [1.165, 1.54) is 36.4 Å². The molecule has 15 rings (SSSR count). The molecule has 4 amide bonds. The molecule has 6 saturated carbocycles. The van der Waals surface area contributed by atoms with Gasteiger partial charge in [-0.1, -0.05) is 72.8 Å². The first-order chi connectivity index (χ1) is 54.5. The van der Waals surface area contributed by atoms with Crippen LogP contribution in [0.15, 0.2) is 146 Å². The fourth-order valence-corrected chi connectivity index (χ4v) is 20.1. The number of cyclic esters (lactones) is 3. The van der Waals surface area contributed by atoms with Crippen LogP contribution in [0.1, 0.15) is 122 Å². The number of nitrogens with two attached hydrogens (primary N) is 1. The van der Waals surface area contributed by atoms with Gasteiger partial charge in [-0.2, -0.15) is 0 Å². The fourth-order valence-electron chi connectivity index (χ4n) is 20.1. The molecule has 6 heterocycles. The Labute approximate surface area is 655 Å². The van der Waals surface area contributed by atoms with E-state index in [-0.39, 0.29) is 137 Å². The number of benzene rings is 3. The molecule has 6 N–H and O–H groups in total. The number of primary amides is 1. The number of nitrogens with zero attached hydrogens (tertiary/aromatic N) is 3. The number of allylic oxidation sites excluding steroid dienone is 3. The van der Waals surface area contributed by atoms with Crippen molar-refractivity contribution in [3.8, 4) is 33.4 Å². The van der Waals surface area contributed by atoms with Gasteiger partial charge in [0.15, 0.2) is 13.2 Å². The van der Waals surface area contributed by atoms with Crippen molar-refractivity contribution in [1.29, 1.82) is 0 Å². The minimum atomic E-state index is -1.20. The zero-order chi connectivity index (χ0) is 79.6. The number of alkyl carbamates (subject to hydrolysis) is 3. The third-order valence-electron chi connectivity index (χ3n) is 25.0. The van der Waals surface area contributed by atoms with E-state index < -0.39 is 37.3 Å². The summed E-state index contributed by atoms with van der Waals surface area (Å²) in [7, 11) is 0. The highest BCUT2D eigenvalue weighted by Gasteiger charge is 2.58. The number of esters is 3. The van der Waals surface area contributed by atoms with Gasteiger partial charge in [0.1, 0.15) is 35.8 Å². The van der Waals surface area contributed by atoms with E-state index in [9.17, 15) is 51.5 Å². The quantitative estimate of drug-likeness (QED) is 0.0394. The number of carbonyl (C=O) groups excluding carboxylic acids is 7. The second-order valence-corrected chi connectivity index (χ2v) is 31.8. The Balaban J connectivity index is 0.000000148. The van der Waals surface area contributed by atoms with Crippen LogP contribution in [0, 0.1) is 112 Å². The van der Waals surface area contributed by atoms with Gasteiger partial charge in [0, 0.05) is 71.7 Å². The van der Waals surface area contributed by atoms with Gasteiger partial charge in [-0.05, 0) is 253 Å². The van der Waals surface area contributed by atoms with Gasteiger partial charge in [0.2, 0.25) is 0 Å². The molecule has 6 aliphatic carbocycles. The molecule has 6 aromatic rings. The topological polar surface area (TPSA) is 313 Å². The lowest BCUT2D eigenvalue weighted by Gasteiger charge is -2.47. The summed E-state index contributed by atoms with van der Waals surface area (Å²) in [6.07, 6.45) is 25.8. The molecular formula is C88H98F3N7O15. The molecule has 0 radical (unpaired) electrons. The van der Waals surface area contributed by atoms with Crippen LogP contribution in [0.4, 0.5) is 27.6 Å². The number of ether oxygens (including phenoxy) is 6. The number of halogens is 3. The number of aliphatic carboxylic acids is 1. The Morgan fingerprint density at radius 3 is 1.19 bits per heavy atom. The molecule has 596 valence electrons. The van der Waals surface area contributed by atoms with Gasteiger partial charge in [0.25, 0.3) is 5.91 Å². The minimum Gasteiger partial charge on any atom is -0.479 e. The van der Waals surface area contributed by atoms with Crippen LogP contribution >= 0.6 is 0 Å². The molecule has 113 heavy (non-hydrogen) atoms. The number of rotatable bonds is 18. The summed E-state index contributed by atoms with van der Waals surface area (Å²) in [6, 6.07) is 30.7. The van der Waals surface area contributed by atoms with Gasteiger partial charge < -0.3 is 55.2 Å². The number of nitrogens with one attached hydrogen (secondary N) is 3. The van der Waals surface area contributed by atoms with Crippen LogP contribution in [0.2, 0.25) is 0 Å². The minimum absolute atomic E-state index is 0.0707. The number of carbonyl (C=O) groups is 8. The summed E-state index contributed by atoms with van der Waals surface area (Å²) >= 11 is 0. The number of carboxylic acids is 1. The largest absolute Gasteiger partial charge is 0.479 e. The van der Waals surface area contributed by atoms with Crippen molar-refractivity contribution in [2.45, 2.75) is 135 Å². The summed E-state index contributed by atoms with van der Waals surface area (Å²) in [5, 5.41) is 17.2. The molecule has 22 nitrogen and oxygen atoms in total. The van der Waals surface area contributed by atoms with E-state index >= 15 is 0 Å². The van der Waals surface area contributed by atoms with Crippen molar-refractivity contribution < 1.29 is 85.1 Å². The predicted molar refractivity (Wildman–Crippen MR) is 412 cm³/mol. The van der Waals surface area contributed by atoms with Crippen molar-refractivity contribution >= 4 is 66.3 Å². The molecule has 3 aromatic carbocycles. The Morgan fingerprint density at radius 1 is 0.478 bits per heavy atom. The lowest BCUT2D eigenvalue weighted by molar-refractivity contribution is -0.145. The zero-order valence-corrected chi connectivity index (χ0v) is 63.7. The summed E-state index contributed by atoms with van der Waals surface area (Å²) < 4.78 is 72.4. The van der Waals surface area contributed by atoms with E-state index in [1.54, 1.807) is 43.7 Å². The summed E-state index contributed by atoms with van der Waals surface area (Å²) in [6.45, 7) is 7.58. The molecule has 25 heteroatoms. The molecular weight excluding hydrogens is 1450 g/mol. The van der Waals surface area contributed by atoms with Crippen molar-refractivity contribution in [1.82, 2.24) is 30.9 Å². The highest BCUT2D eigenvalue weighted by atomic mass is 19.1.